The summed E-state index contributed by atoms with van der Waals surface area (Å²) < 4.78 is 5.42. The predicted molar refractivity (Wildman–Crippen MR) is 79.4 cm³/mol. The van der Waals surface area contributed by atoms with E-state index in [-0.39, 0.29) is 17.5 Å². The molecule has 1 rings (SSSR count). The number of nitrogens with zero attached hydrogens (tertiary/aromatic N) is 1. The summed E-state index contributed by atoms with van der Waals surface area (Å²) in [5.41, 5.74) is 6.22. The highest BCUT2D eigenvalue weighted by Crippen LogP contribution is 2.17. The van der Waals surface area contributed by atoms with Gasteiger partial charge in [-0.25, -0.2) is 0 Å². The Morgan fingerprint density at radius 1 is 1.42 bits per heavy atom. The second-order valence-corrected chi connectivity index (χ2v) is 4.74. The Morgan fingerprint density at radius 2 is 2.11 bits per heavy atom. The van der Waals surface area contributed by atoms with Crippen molar-refractivity contribution in [1.82, 2.24) is 10.2 Å². The van der Waals surface area contributed by atoms with Crippen LogP contribution in [-0.2, 0) is 4.79 Å². The van der Waals surface area contributed by atoms with E-state index in [2.05, 4.69) is 5.32 Å². The number of carbonyl (C=O) groups is 1. The topological polar surface area (TPSA) is 67.6 Å². The van der Waals surface area contributed by atoms with Crippen LogP contribution < -0.4 is 15.8 Å². The van der Waals surface area contributed by atoms with Crippen LogP contribution in [0.4, 0.5) is 0 Å². The largest absolute Gasteiger partial charge is 0.483 e. The second kappa shape index (κ2) is 7.70. The number of amides is 1. The van der Waals surface area contributed by atoms with Gasteiger partial charge < -0.3 is 20.7 Å². The van der Waals surface area contributed by atoms with Gasteiger partial charge in [0.15, 0.2) is 6.61 Å². The molecule has 1 aromatic carbocycles. The summed E-state index contributed by atoms with van der Waals surface area (Å²) in [5.74, 6) is 0.359. The number of likely N-dealkylation sites (N-methyl/N-ethyl adjacent to an activating group) is 1. The molecule has 0 heterocycles. The monoisotopic (exact) mass is 281 g/mol. The second-order valence-electron chi connectivity index (χ2n) is 4.30. The van der Waals surface area contributed by atoms with Gasteiger partial charge in [0.25, 0.3) is 5.91 Å². The average molecular weight is 281 g/mol. The normalized spacial score (nSPS) is 10.3. The molecule has 0 radical (unpaired) electrons. The molecule has 0 aromatic heterocycles. The summed E-state index contributed by atoms with van der Waals surface area (Å²) in [5, 5.41) is 2.76. The van der Waals surface area contributed by atoms with Crippen LogP contribution in [0.3, 0.4) is 0 Å². The van der Waals surface area contributed by atoms with Gasteiger partial charge in [0.1, 0.15) is 10.7 Å². The molecule has 0 fully saturated rings. The summed E-state index contributed by atoms with van der Waals surface area (Å²) in [6.07, 6.45) is 0. The maximum Gasteiger partial charge on any atom is 0.257 e. The first-order valence-electron chi connectivity index (χ1n) is 5.93. The van der Waals surface area contributed by atoms with Crippen LogP contribution in [0, 0.1) is 0 Å². The zero-order chi connectivity index (χ0) is 14.3. The van der Waals surface area contributed by atoms with Gasteiger partial charge in [-0.15, -0.1) is 0 Å². The third kappa shape index (κ3) is 5.67. The van der Waals surface area contributed by atoms with Crippen LogP contribution >= 0.6 is 12.2 Å². The molecule has 0 saturated heterocycles. The summed E-state index contributed by atoms with van der Waals surface area (Å²) in [6.45, 7) is 1.33. The lowest BCUT2D eigenvalue weighted by Gasteiger charge is -2.12. The lowest BCUT2D eigenvalue weighted by atomic mass is 10.2. The first-order valence-corrected chi connectivity index (χ1v) is 6.34. The Morgan fingerprint density at radius 3 is 2.74 bits per heavy atom. The molecule has 0 aliphatic rings. The number of ether oxygens (including phenoxy) is 1. The smallest absolute Gasteiger partial charge is 0.257 e. The molecule has 1 aromatic rings. The molecule has 104 valence electrons. The van der Waals surface area contributed by atoms with Crippen molar-refractivity contribution in [2.45, 2.75) is 0 Å². The summed E-state index contributed by atoms with van der Waals surface area (Å²) >= 11 is 4.92. The minimum atomic E-state index is -0.167. The minimum Gasteiger partial charge on any atom is -0.483 e. The van der Waals surface area contributed by atoms with Crippen molar-refractivity contribution in [2.24, 2.45) is 5.73 Å². The Bertz CT molecular complexity index is 449. The van der Waals surface area contributed by atoms with Gasteiger partial charge in [-0.1, -0.05) is 24.4 Å². The number of carbonyl (C=O) groups excluding carboxylic acids is 1. The van der Waals surface area contributed by atoms with Gasteiger partial charge in [0.2, 0.25) is 0 Å². The molecule has 0 aliphatic carbocycles. The minimum absolute atomic E-state index is 0.0486. The fourth-order valence-corrected chi connectivity index (χ4v) is 1.58. The molecule has 19 heavy (non-hydrogen) atoms. The van der Waals surface area contributed by atoms with E-state index in [9.17, 15) is 4.79 Å². The number of hydrogen-bond donors (Lipinski definition) is 2. The summed E-state index contributed by atoms with van der Waals surface area (Å²) in [4.78, 5) is 13.8. The molecule has 1 amide bonds. The fourth-order valence-electron chi connectivity index (χ4n) is 1.41. The first-order chi connectivity index (χ1) is 9.00. The highest BCUT2D eigenvalue weighted by Gasteiger charge is 2.07. The highest BCUT2D eigenvalue weighted by atomic mass is 32.1. The van der Waals surface area contributed by atoms with E-state index >= 15 is 0 Å². The SMILES string of the molecule is CN(C)CCNC(=O)COc1ccccc1C(N)=S. The van der Waals surface area contributed by atoms with E-state index in [1.54, 1.807) is 18.2 Å². The summed E-state index contributed by atoms with van der Waals surface area (Å²) in [6, 6.07) is 7.13. The van der Waals surface area contributed by atoms with Crippen LogP contribution in [0.15, 0.2) is 24.3 Å². The van der Waals surface area contributed by atoms with E-state index in [1.807, 2.05) is 25.1 Å². The molecule has 6 heteroatoms. The van der Waals surface area contributed by atoms with Crippen molar-refractivity contribution in [1.29, 1.82) is 0 Å². The maximum atomic E-state index is 11.6. The molecule has 0 unspecified atom stereocenters. The molecule has 5 nitrogen and oxygen atoms in total. The van der Waals surface area contributed by atoms with E-state index in [4.69, 9.17) is 22.7 Å². The van der Waals surface area contributed by atoms with E-state index in [0.29, 0.717) is 17.9 Å². The number of nitrogens with two attached hydrogens (primary N) is 1. The number of hydrogen-bond acceptors (Lipinski definition) is 4. The van der Waals surface area contributed by atoms with Crippen LogP contribution in [0.5, 0.6) is 5.75 Å². The maximum absolute atomic E-state index is 11.6. The Labute approximate surface area is 118 Å². The first kappa shape index (κ1) is 15.4. The highest BCUT2D eigenvalue weighted by molar-refractivity contribution is 7.80. The fraction of sp³-hybridized carbons (Fsp3) is 0.385. The van der Waals surface area contributed by atoms with E-state index in [0.717, 1.165) is 6.54 Å². The quantitative estimate of drug-likeness (QED) is 0.707. The van der Waals surface area contributed by atoms with Crippen molar-refractivity contribution in [3.8, 4) is 5.75 Å². The standard InChI is InChI=1S/C13H19N3O2S/c1-16(2)8-7-15-12(17)9-18-11-6-4-3-5-10(11)13(14)19/h3-6H,7-9H2,1-2H3,(H2,14,19)(H,15,17). The van der Waals surface area contributed by atoms with E-state index in [1.165, 1.54) is 0 Å². The number of rotatable bonds is 7. The van der Waals surface area contributed by atoms with Crippen molar-refractivity contribution in [2.75, 3.05) is 33.8 Å². The average Bonchev–Trinajstić information content (AvgIpc) is 2.36. The molecule has 0 saturated carbocycles. The molecular weight excluding hydrogens is 262 g/mol. The van der Waals surface area contributed by atoms with E-state index < -0.39 is 0 Å². The van der Waals surface area contributed by atoms with Gasteiger partial charge >= 0.3 is 0 Å². The molecule has 3 N–H and O–H groups in total. The zero-order valence-electron chi connectivity index (χ0n) is 11.2. The van der Waals surface area contributed by atoms with Gasteiger partial charge in [-0.2, -0.15) is 0 Å². The molecule has 0 spiro atoms. The third-order valence-corrected chi connectivity index (χ3v) is 2.61. The Balaban J connectivity index is 2.44. The zero-order valence-corrected chi connectivity index (χ0v) is 12.0. The van der Waals surface area contributed by atoms with Gasteiger partial charge in [0.05, 0.1) is 5.56 Å². The predicted octanol–water partition coefficient (Wildman–Crippen LogP) is 0.377. The van der Waals surface area contributed by atoms with Gasteiger partial charge in [0, 0.05) is 13.1 Å². The van der Waals surface area contributed by atoms with Crippen molar-refractivity contribution < 1.29 is 9.53 Å². The number of thiocarbonyl (C=S) groups is 1. The van der Waals surface area contributed by atoms with Gasteiger partial charge in [-0.05, 0) is 26.2 Å². The molecule has 0 bridgehead atoms. The molecule has 0 atom stereocenters. The molecule has 0 aliphatic heterocycles. The van der Waals surface area contributed by atoms with Crippen LogP contribution in [0.2, 0.25) is 0 Å². The van der Waals surface area contributed by atoms with Crippen LogP contribution in [0.25, 0.3) is 0 Å². The summed E-state index contributed by atoms with van der Waals surface area (Å²) in [7, 11) is 3.89. The van der Waals surface area contributed by atoms with Crippen LogP contribution in [0.1, 0.15) is 5.56 Å². The van der Waals surface area contributed by atoms with Gasteiger partial charge in [-0.3, -0.25) is 4.79 Å². The Hall–Kier alpha value is -1.66. The van der Waals surface area contributed by atoms with Crippen LogP contribution in [-0.4, -0.2) is 49.6 Å². The Kier molecular flexibility index (Phi) is 6.24. The van der Waals surface area contributed by atoms with Crippen molar-refractivity contribution in [3.05, 3.63) is 29.8 Å². The molecular formula is C13H19N3O2S. The lowest BCUT2D eigenvalue weighted by Crippen LogP contribution is -2.34. The van der Waals surface area contributed by atoms with Crippen molar-refractivity contribution in [3.63, 3.8) is 0 Å². The number of para-hydroxylation sites is 1. The number of nitrogens with one attached hydrogen (secondary N) is 1. The third-order valence-electron chi connectivity index (χ3n) is 2.39. The number of benzene rings is 1. The lowest BCUT2D eigenvalue weighted by molar-refractivity contribution is -0.123. The van der Waals surface area contributed by atoms with Crippen molar-refractivity contribution >= 4 is 23.1 Å².